The number of nitro groups is 1. The van der Waals surface area contributed by atoms with Crippen molar-refractivity contribution < 1.29 is 19.3 Å². The monoisotopic (exact) mass is 478 g/mol. The van der Waals surface area contributed by atoms with E-state index in [0.29, 0.717) is 0 Å². The Hall–Kier alpha value is -4.39. The van der Waals surface area contributed by atoms with Crippen molar-refractivity contribution in [2.45, 2.75) is 13.8 Å². The van der Waals surface area contributed by atoms with E-state index in [0.717, 1.165) is 27.2 Å². The van der Waals surface area contributed by atoms with Gasteiger partial charge in [0.05, 0.1) is 33.3 Å². The number of Topliss-reactive ketones (excluding diaryl/α,β-unsaturated/α-hetero) is 1. The molecule has 1 aliphatic heterocycles. The molecule has 0 N–H and O–H groups in total. The number of hydrogen-bond acceptors (Lipinski definition) is 5. The van der Waals surface area contributed by atoms with Gasteiger partial charge in [-0.2, -0.15) is 0 Å². The Balaban J connectivity index is 1.57. The predicted molar refractivity (Wildman–Crippen MR) is 133 cm³/mol. The third-order valence-corrected chi connectivity index (χ3v) is 8.23. The molecule has 7 heteroatoms. The summed E-state index contributed by atoms with van der Waals surface area (Å²) in [6.07, 6.45) is 0. The van der Waals surface area contributed by atoms with Crippen molar-refractivity contribution in [1.82, 2.24) is 0 Å². The molecule has 0 spiro atoms. The molecule has 2 bridgehead atoms. The zero-order valence-corrected chi connectivity index (χ0v) is 19.7. The van der Waals surface area contributed by atoms with Crippen molar-refractivity contribution in [3.05, 3.63) is 106 Å². The first-order valence-corrected chi connectivity index (χ1v) is 11.8. The Kier molecular flexibility index (Phi) is 4.48. The van der Waals surface area contributed by atoms with Gasteiger partial charge in [-0.1, -0.05) is 60.7 Å². The van der Waals surface area contributed by atoms with Gasteiger partial charge < -0.3 is 0 Å². The number of nitrogens with zero attached hydrogens (tertiary/aromatic N) is 2. The molecule has 3 aromatic carbocycles. The fourth-order valence-electron chi connectivity index (χ4n) is 6.79. The largest absolute Gasteiger partial charge is 0.298 e. The Morgan fingerprint density at radius 3 is 1.50 bits per heavy atom. The number of anilines is 1. The van der Waals surface area contributed by atoms with E-state index >= 15 is 0 Å². The van der Waals surface area contributed by atoms with Gasteiger partial charge in [0, 0.05) is 12.1 Å². The van der Waals surface area contributed by atoms with Crippen LogP contribution >= 0.6 is 0 Å². The predicted octanol–water partition coefficient (Wildman–Crippen LogP) is 4.92. The third-order valence-electron chi connectivity index (χ3n) is 8.23. The third kappa shape index (κ3) is 2.54. The summed E-state index contributed by atoms with van der Waals surface area (Å²) in [5.74, 6) is -2.73. The number of carbonyl (C=O) groups is 3. The number of amides is 2. The number of benzene rings is 3. The molecule has 1 saturated carbocycles. The van der Waals surface area contributed by atoms with Crippen molar-refractivity contribution in [2.24, 2.45) is 22.7 Å². The number of carbonyl (C=O) groups excluding carboxylic acids is 3. The van der Waals surface area contributed by atoms with Gasteiger partial charge in [0.15, 0.2) is 5.78 Å². The van der Waals surface area contributed by atoms with Gasteiger partial charge in [-0.25, -0.2) is 4.90 Å². The molecule has 178 valence electrons. The lowest BCUT2D eigenvalue weighted by atomic mass is 9.63. The Morgan fingerprint density at radius 1 is 0.694 bits per heavy atom. The van der Waals surface area contributed by atoms with Crippen LogP contribution in [-0.4, -0.2) is 22.5 Å². The van der Waals surface area contributed by atoms with Gasteiger partial charge in [0.2, 0.25) is 11.8 Å². The number of nitro benzene ring substituents is 1. The van der Waals surface area contributed by atoms with Gasteiger partial charge in [0.25, 0.3) is 5.69 Å². The molecule has 7 nitrogen and oxygen atoms in total. The number of rotatable bonds is 4. The molecule has 0 unspecified atom stereocenters. The highest BCUT2D eigenvalue weighted by molar-refractivity contribution is 6.34. The molecule has 4 atom stereocenters. The minimum absolute atomic E-state index is 0.118. The van der Waals surface area contributed by atoms with E-state index in [4.69, 9.17) is 0 Å². The Morgan fingerprint density at radius 2 is 1.11 bits per heavy atom. The van der Waals surface area contributed by atoms with Crippen LogP contribution in [0.5, 0.6) is 0 Å². The van der Waals surface area contributed by atoms with Gasteiger partial charge in [-0.15, -0.1) is 0 Å². The van der Waals surface area contributed by atoms with Crippen LogP contribution in [0.4, 0.5) is 11.4 Å². The summed E-state index contributed by atoms with van der Waals surface area (Å²) in [5.41, 5.74) is 1.01. The zero-order chi connectivity index (χ0) is 25.4. The quantitative estimate of drug-likeness (QED) is 0.301. The highest BCUT2D eigenvalue weighted by Gasteiger charge is 2.78. The molecule has 0 aromatic heterocycles. The molecule has 2 fully saturated rings. The van der Waals surface area contributed by atoms with Crippen LogP contribution in [0.1, 0.15) is 25.0 Å². The molecular weight excluding hydrogens is 456 g/mol. The number of fused-ring (bicyclic) bond motifs is 5. The summed E-state index contributed by atoms with van der Waals surface area (Å²) >= 11 is 0. The maximum absolute atomic E-state index is 14.2. The van der Waals surface area contributed by atoms with Crippen LogP contribution in [0.25, 0.3) is 11.1 Å². The first-order chi connectivity index (χ1) is 17.2. The standard InChI is InChI=1S/C29H22N2O5/c1-28-21(17-9-5-3-6-10-17)22(18-11-7-4-8-12-18)29(2,27(28)34)24-23(28)25(32)30(26(24)33)19-13-15-20(16-14-19)31(35)36/h3-16,23-24H,1-2H3/t23-,24+,28-,29+. The second-order valence-corrected chi connectivity index (χ2v) is 9.96. The Labute approximate surface area is 207 Å². The maximum atomic E-state index is 14.2. The minimum atomic E-state index is -1.20. The topological polar surface area (TPSA) is 97.6 Å². The number of non-ortho nitro benzene ring substituents is 1. The van der Waals surface area contributed by atoms with Crippen LogP contribution < -0.4 is 4.90 Å². The summed E-state index contributed by atoms with van der Waals surface area (Å²) in [6.45, 7) is 3.59. The lowest BCUT2D eigenvalue weighted by Gasteiger charge is -2.35. The summed E-state index contributed by atoms with van der Waals surface area (Å²) in [6, 6.07) is 24.5. The average Bonchev–Trinajstić information content (AvgIpc) is 3.34. The molecule has 3 aliphatic rings. The molecule has 1 heterocycles. The second kappa shape index (κ2) is 7.31. The van der Waals surface area contributed by atoms with Crippen LogP contribution in [0, 0.1) is 32.8 Å². The normalized spacial score (nSPS) is 28.7. The minimum Gasteiger partial charge on any atom is -0.298 e. The van der Waals surface area contributed by atoms with Crippen LogP contribution in [0.15, 0.2) is 84.9 Å². The van der Waals surface area contributed by atoms with Crippen molar-refractivity contribution in [3.63, 3.8) is 0 Å². The summed E-state index contributed by atoms with van der Waals surface area (Å²) in [7, 11) is 0. The van der Waals surface area contributed by atoms with E-state index < -0.39 is 39.4 Å². The molecule has 6 rings (SSSR count). The summed E-state index contributed by atoms with van der Waals surface area (Å²) in [5, 5.41) is 11.1. The molecule has 2 aliphatic carbocycles. The molecule has 1 saturated heterocycles. The van der Waals surface area contributed by atoms with E-state index in [9.17, 15) is 24.5 Å². The molecular formula is C29H22N2O5. The van der Waals surface area contributed by atoms with Gasteiger partial charge in [0.1, 0.15) is 0 Å². The fourth-order valence-corrected chi connectivity index (χ4v) is 6.79. The van der Waals surface area contributed by atoms with Crippen LogP contribution in [0.3, 0.4) is 0 Å². The van der Waals surface area contributed by atoms with Crippen LogP contribution in [0.2, 0.25) is 0 Å². The lowest BCUT2D eigenvalue weighted by molar-refractivity contribution is -0.384. The molecule has 0 radical (unpaired) electrons. The number of imide groups is 1. The first-order valence-electron chi connectivity index (χ1n) is 11.8. The number of hydrogen-bond donors (Lipinski definition) is 0. The fraction of sp³-hybridized carbons (Fsp3) is 0.207. The second-order valence-electron chi connectivity index (χ2n) is 9.96. The van der Waals surface area contributed by atoms with E-state index in [2.05, 4.69) is 0 Å². The smallest absolute Gasteiger partial charge is 0.269 e. The average molecular weight is 479 g/mol. The van der Waals surface area contributed by atoms with Crippen molar-refractivity contribution in [1.29, 1.82) is 0 Å². The maximum Gasteiger partial charge on any atom is 0.269 e. The van der Waals surface area contributed by atoms with Gasteiger partial charge in [-0.05, 0) is 48.3 Å². The van der Waals surface area contributed by atoms with Crippen molar-refractivity contribution in [2.75, 3.05) is 4.90 Å². The number of ketones is 1. The van der Waals surface area contributed by atoms with Crippen LogP contribution in [-0.2, 0) is 14.4 Å². The van der Waals surface area contributed by atoms with E-state index in [-0.39, 0.29) is 17.2 Å². The van der Waals surface area contributed by atoms with E-state index in [1.807, 2.05) is 60.7 Å². The Bertz CT molecular complexity index is 1410. The molecule has 36 heavy (non-hydrogen) atoms. The van der Waals surface area contributed by atoms with E-state index in [1.54, 1.807) is 13.8 Å². The summed E-state index contributed by atoms with van der Waals surface area (Å²) < 4.78 is 0. The van der Waals surface area contributed by atoms with E-state index in [1.165, 1.54) is 24.3 Å². The van der Waals surface area contributed by atoms with Crippen molar-refractivity contribution in [3.8, 4) is 0 Å². The SMILES string of the molecule is C[C@]12C(=O)[C@](C)(C(c3ccccc3)=C1c1ccccc1)[C@H]1C(=O)N(c3ccc([N+](=O)[O-])cc3)C(=O)[C@H]12. The van der Waals surface area contributed by atoms with Crippen molar-refractivity contribution >= 4 is 40.1 Å². The number of allylic oxidation sites excluding steroid dienone is 2. The highest BCUT2D eigenvalue weighted by atomic mass is 16.6. The first kappa shape index (κ1) is 22.1. The molecule has 2 amide bonds. The lowest BCUT2D eigenvalue weighted by Crippen LogP contribution is -2.40. The highest BCUT2D eigenvalue weighted by Crippen LogP contribution is 2.73. The zero-order valence-electron chi connectivity index (χ0n) is 19.7. The summed E-state index contributed by atoms with van der Waals surface area (Å²) in [4.78, 5) is 53.7. The molecule has 3 aromatic rings. The van der Waals surface area contributed by atoms with Gasteiger partial charge in [-0.3, -0.25) is 24.5 Å². The van der Waals surface area contributed by atoms with Gasteiger partial charge >= 0.3 is 0 Å².